The van der Waals surface area contributed by atoms with E-state index in [2.05, 4.69) is 5.16 Å². The van der Waals surface area contributed by atoms with Crippen molar-refractivity contribution >= 4 is 11.9 Å². The van der Waals surface area contributed by atoms with E-state index >= 15 is 0 Å². The molecule has 1 N–H and O–H groups in total. The first-order valence-corrected chi connectivity index (χ1v) is 13.7. The van der Waals surface area contributed by atoms with Crippen LogP contribution in [0.25, 0.3) is 0 Å². The van der Waals surface area contributed by atoms with Gasteiger partial charge in [0.25, 0.3) is 5.90 Å². The zero-order valence-electron chi connectivity index (χ0n) is 22.4. The number of ether oxygens (including phenoxy) is 2. The molecule has 1 fully saturated rings. The zero-order valence-corrected chi connectivity index (χ0v) is 22.4. The Bertz CT molecular complexity index is 1390. The number of phenols is 1. The smallest absolute Gasteiger partial charge is 0.321 e. The summed E-state index contributed by atoms with van der Waals surface area (Å²) in [5.74, 6) is 0.694. The Hall–Kier alpha value is -4.58. The van der Waals surface area contributed by atoms with Crippen molar-refractivity contribution < 1.29 is 24.2 Å². The summed E-state index contributed by atoms with van der Waals surface area (Å²) in [4.78, 5) is 19.2. The first kappa shape index (κ1) is 27.0. The van der Waals surface area contributed by atoms with E-state index in [1.165, 1.54) is 0 Å². The molecular formula is C34H33NO5. The largest absolute Gasteiger partial charge is 0.508 e. The number of hydrogen-bond donors (Lipinski definition) is 1. The Morgan fingerprint density at radius 3 is 1.95 bits per heavy atom. The van der Waals surface area contributed by atoms with E-state index in [0.29, 0.717) is 30.4 Å². The molecule has 0 aromatic heterocycles. The van der Waals surface area contributed by atoms with Crippen LogP contribution in [0, 0.1) is 0 Å². The number of phenolic OH excluding ortho intramolecular Hbond substituents is 1. The van der Waals surface area contributed by atoms with Gasteiger partial charge in [0.15, 0.2) is 0 Å². The van der Waals surface area contributed by atoms with Gasteiger partial charge in [-0.25, -0.2) is 0 Å². The van der Waals surface area contributed by atoms with Gasteiger partial charge in [-0.05, 0) is 71.1 Å². The van der Waals surface area contributed by atoms with Gasteiger partial charge in [0.05, 0.1) is 5.41 Å². The lowest BCUT2D eigenvalue weighted by molar-refractivity contribution is -0.142. The van der Waals surface area contributed by atoms with Gasteiger partial charge in [-0.1, -0.05) is 92.1 Å². The van der Waals surface area contributed by atoms with E-state index in [4.69, 9.17) is 14.3 Å². The summed E-state index contributed by atoms with van der Waals surface area (Å²) in [6.07, 6.45) is 4.45. The fraction of sp³-hybridized carbons (Fsp3) is 0.235. The zero-order chi connectivity index (χ0) is 27.6. The molecule has 1 aliphatic carbocycles. The standard InChI is InChI=1S/C34H33NO5/c36-30-18-16-29(17-19-30)34(22-8-3-9-23-34)33(37)40-31-20-14-28(15-21-31)32(38-24-26-10-4-1-5-11-26)35-39-25-27-12-6-2-7-13-27/h1-2,4-7,10-21,36H,3,8-9,22-25H2/b35-32+. The van der Waals surface area contributed by atoms with Gasteiger partial charge in [-0.3, -0.25) is 4.79 Å². The highest BCUT2D eigenvalue weighted by Gasteiger charge is 2.43. The minimum atomic E-state index is -0.721. The SMILES string of the molecule is O=C(Oc1ccc(/C(=N\OCc2ccccc2)OCc2ccccc2)cc1)C1(c2ccc(O)cc2)CCCCC1. The highest BCUT2D eigenvalue weighted by atomic mass is 16.6. The molecule has 0 unspecified atom stereocenters. The molecule has 0 spiro atoms. The molecule has 0 atom stereocenters. The lowest BCUT2D eigenvalue weighted by Gasteiger charge is -2.35. The van der Waals surface area contributed by atoms with Gasteiger partial charge in [0, 0.05) is 5.56 Å². The van der Waals surface area contributed by atoms with Crippen molar-refractivity contribution in [3.8, 4) is 11.5 Å². The molecule has 0 heterocycles. The van der Waals surface area contributed by atoms with Crippen molar-refractivity contribution in [3.05, 3.63) is 131 Å². The van der Waals surface area contributed by atoms with Crippen LogP contribution in [0.5, 0.6) is 11.5 Å². The van der Waals surface area contributed by atoms with Crippen LogP contribution >= 0.6 is 0 Å². The maximum atomic E-state index is 13.6. The Morgan fingerprint density at radius 1 is 0.725 bits per heavy atom. The molecule has 40 heavy (non-hydrogen) atoms. The number of benzene rings is 4. The third kappa shape index (κ3) is 6.70. The second kappa shape index (κ2) is 13.0. The molecule has 0 amide bonds. The van der Waals surface area contributed by atoms with Crippen molar-refractivity contribution in [3.63, 3.8) is 0 Å². The Kier molecular flexibility index (Phi) is 8.76. The Labute approximate surface area is 234 Å². The number of aromatic hydroxyl groups is 1. The normalized spacial score (nSPS) is 14.8. The van der Waals surface area contributed by atoms with Crippen molar-refractivity contribution in [1.29, 1.82) is 0 Å². The molecule has 0 radical (unpaired) electrons. The monoisotopic (exact) mass is 535 g/mol. The first-order valence-electron chi connectivity index (χ1n) is 13.7. The number of rotatable bonds is 9. The van der Waals surface area contributed by atoms with Crippen LogP contribution in [0.4, 0.5) is 0 Å². The van der Waals surface area contributed by atoms with Crippen LogP contribution in [0.1, 0.15) is 54.4 Å². The van der Waals surface area contributed by atoms with Crippen molar-refractivity contribution in [2.24, 2.45) is 5.16 Å². The first-order chi connectivity index (χ1) is 19.6. The van der Waals surface area contributed by atoms with Crippen LogP contribution in [0.15, 0.2) is 114 Å². The van der Waals surface area contributed by atoms with Crippen molar-refractivity contribution in [1.82, 2.24) is 0 Å². The number of carbonyl (C=O) groups excluding carboxylic acids is 1. The average Bonchev–Trinajstić information content (AvgIpc) is 3.01. The van der Waals surface area contributed by atoms with E-state index in [1.807, 2.05) is 84.9 Å². The summed E-state index contributed by atoms with van der Waals surface area (Å²) >= 11 is 0. The average molecular weight is 536 g/mol. The summed E-state index contributed by atoms with van der Waals surface area (Å²) < 4.78 is 12.0. The van der Waals surface area contributed by atoms with Crippen LogP contribution in [0.3, 0.4) is 0 Å². The van der Waals surface area contributed by atoms with E-state index < -0.39 is 5.41 Å². The molecule has 4 aromatic carbocycles. The van der Waals surface area contributed by atoms with E-state index in [1.54, 1.807) is 24.3 Å². The molecule has 1 saturated carbocycles. The highest BCUT2D eigenvalue weighted by Crippen LogP contribution is 2.41. The topological polar surface area (TPSA) is 77.4 Å². The van der Waals surface area contributed by atoms with Gasteiger partial charge in [0.1, 0.15) is 24.7 Å². The predicted octanol–water partition coefficient (Wildman–Crippen LogP) is 7.29. The molecule has 0 saturated heterocycles. The van der Waals surface area contributed by atoms with Gasteiger partial charge in [-0.2, -0.15) is 0 Å². The molecule has 6 heteroatoms. The highest BCUT2D eigenvalue weighted by molar-refractivity contribution is 5.94. The van der Waals surface area contributed by atoms with Gasteiger partial charge < -0.3 is 19.4 Å². The number of nitrogens with zero attached hydrogens (tertiary/aromatic N) is 1. The third-order valence-corrected chi connectivity index (χ3v) is 7.27. The summed E-state index contributed by atoms with van der Waals surface area (Å²) in [6.45, 7) is 0.647. The second-order valence-electron chi connectivity index (χ2n) is 10.0. The number of carbonyl (C=O) groups is 1. The molecule has 5 rings (SSSR count). The fourth-order valence-electron chi connectivity index (χ4n) is 5.04. The lowest BCUT2D eigenvalue weighted by Crippen LogP contribution is -2.41. The lowest BCUT2D eigenvalue weighted by atomic mass is 9.69. The number of esters is 1. The summed E-state index contributed by atoms with van der Waals surface area (Å²) in [5, 5.41) is 14.0. The summed E-state index contributed by atoms with van der Waals surface area (Å²) in [7, 11) is 0. The Morgan fingerprint density at radius 2 is 1.32 bits per heavy atom. The number of oxime groups is 1. The minimum Gasteiger partial charge on any atom is -0.508 e. The van der Waals surface area contributed by atoms with Gasteiger partial charge in [0.2, 0.25) is 0 Å². The third-order valence-electron chi connectivity index (χ3n) is 7.27. The summed E-state index contributed by atoms with van der Waals surface area (Å²) in [5.41, 5.74) is 2.87. The second-order valence-corrected chi connectivity index (χ2v) is 10.0. The van der Waals surface area contributed by atoms with Crippen molar-refractivity contribution in [2.75, 3.05) is 0 Å². The van der Waals surface area contributed by atoms with Gasteiger partial charge in [-0.15, -0.1) is 0 Å². The maximum absolute atomic E-state index is 13.6. The molecule has 4 aromatic rings. The molecule has 0 bridgehead atoms. The van der Waals surface area contributed by atoms with Crippen LogP contribution in [0.2, 0.25) is 0 Å². The quantitative estimate of drug-likeness (QED) is 0.0800. The number of hydrogen-bond acceptors (Lipinski definition) is 6. The fourth-order valence-corrected chi connectivity index (χ4v) is 5.04. The molecule has 0 aliphatic heterocycles. The van der Waals surface area contributed by atoms with E-state index in [9.17, 15) is 9.90 Å². The van der Waals surface area contributed by atoms with Gasteiger partial charge >= 0.3 is 5.97 Å². The molecular weight excluding hydrogens is 502 g/mol. The molecule has 204 valence electrons. The van der Waals surface area contributed by atoms with Crippen LogP contribution in [-0.4, -0.2) is 17.0 Å². The van der Waals surface area contributed by atoms with Crippen molar-refractivity contribution in [2.45, 2.75) is 50.7 Å². The van der Waals surface area contributed by atoms with Crippen LogP contribution in [-0.2, 0) is 33.0 Å². The molecule has 6 nitrogen and oxygen atoms in total. The summed E-state index contributed by atoms with van der Waals surface area (Å²) in [6, 6.07) is 33.7. The minimum absolute atomic E-state index is 0.179. The maximum Gasteiger partial charge on any atom is 0.321 e. The predicted molar refractivity (Wildman–Crippen MR) is 154 cm³/mol. The van der Waals surface area contributed by atoms with E-state index in [0.717, 1.165) is 48.8 Å². The molecule has 1 aliphatic rings. The Balaban J connectivity index is 1.32. The van der Waals surface area contributed by atoms with E-state index in [-0.39, 0.29) is 11.7 Å². The van der Waals surface area contributed by atoms with Crippen LogP contribution < -0.4 is 4.74 Å².